The van der Waals surface area contributed by atoms with Gasteiger partial charge in [-0.2, -0.15) is 0 Å². The Morgan fingerprint density at radius 3 is 2.32 bits per heavy atom. The number of Topliss-reactive ketones (excluding diaryl/α,β-unsaturated/α-hetero) is 2. The molecule has 3 rings (SSSR count). The highest BCUT2D eigenvalue weighted by molar-refractivity contribution is 6.66. The van der Waals surface area contributed by atoms with Crippen LogP contribution in [0.4, 0.5) is 0 Å². The third-order valence-electron chi connectivity index (χ3n) is 4.69. The predicted molar refractivity (Wildman–Crippen MR) is 99.7 cm³/mol. The van der Waals surface area contributed by atoms with E-state index in [1.54, 1.807) is 24.3 Å². The third kappa shape index (κ3) is 2.33. The fraction of sp³-hybridized carbons (Fsp3) is 0.222. The van der Waals surface area contributed by atoms with Gasteiger partial charge in [0.2, 0.25) is 0 Å². The second kappa shape index (κ2) is 6.17. The van der Waals surface area contributed by atoms with Crippen LogP contribution < -0.4 is 0 Å². The SMILES string of the molecule is C=CC1=CC[C@@]2(Cl)C(=O)C(Cl)=C(Cl)C(=O)[C@@]2(Cl)[C@H]1c1ccccc1O. The van der Waals surface area contributed by atoms with Gasteiger partial charge < -0.3 is 5.11 Å². The molecule has 1 N–H and O–H groups in total. The zero-order chi connectivity index (χ0) is 18.6. The molecule has 0 saturated heterocycles. The van der Waals surface area contributed by atoms with E-state index in [1.165, 1.54) is 12.1 Å². The summed E-state index contributed by atoms with van der Waals surface area (Å²) in [7, 11) is 0. The Labute approximate surface area is 164 Å². The topological polar surface area (TPSA) is 54.4 Å². The summed E-state index contributed by atoms with van der Waals surface area (Å²) < 4.78 is 0. The fourth-order valence-corrected chi connectivity index (χ4v) is 4.86. The maximum absolute atomic E-state index is 13.0. The number of fused-ring (bicyclic) bond motifs is 1. The average molecular weight is 418 g/mol. The van der Waals surface area contributed by atoms with Gasteiger partial charge >= 0.3 is 0 Å². The second-order valence-corrected chi connectivity index (χ2v) is 7.90. The number of hydrogen-bond donors (Lipinski definition) is 1. The predicted octanol–water partition coefficient (Wildman–Crippen LogP) is 4.79. The van der Waals surface area contributed by atoms with Crippen molar-refractivity contribution in [1.29, 1.82) is 0 Å². The van der Waals surface area contributed by atoms with Gasteiger partial charge in [-0.3, -0.25) is 9.59 Å². The molecule has 0 unspecified atom stereocenters. The molecular formula is C18H12Cl4O3. The highest BCUT2D eigenvalue weighted by atomic mass is 35.5. The standard InChI is InChI=1S/C18H12Cl4O3/c1-2-9-7-8-17(21)15(24)13(19)14(20)16(25)18(17,22)12(9)10-5-3-4-6-11(10)23/h2-7,12,23H,1,8H2/t12-,17-,18+/m1/s1. The molecule has 2 aliphatic carbocycles. The summed E-state index contributed by atoms with van der Waals surface area (Å²) in [5.74, 6) is -2.47. The number of hydrogen-bond acceptors (Lipinski definition) is 3. The van der Waals surface area contributed by atoms with Crippen LogP contribution in [0.25, 0.3) is 0 Å². The van der Waals surface area contributed by atoms with Crippen molar-refractivity contribution < 1.29 is 14.7 Å². The number of carbonyl (C=O) groups is 2. The van der Waals surface area contributed by atoms with E-state index >= 15 is 0 Å². The number of halogens is 4. The minimum absolute atomic E-state index is 0.0194. The Morgan fingerprint density at radius 2 is 1.72 bits per heavy atom. The number of allylic oxidation sites excluding steroid dienone is 5. The first-order valence-electron chi connectivity index (χ1n) is 7.33. The number of alkyl halides is 2. The van der Waals surface area contributed by atoms with E-state index in [0.717, 1.165) is 0 Å². The van der Waals surface area contributed by atoms with Gasteiger partial charge in [-0.25, -0.2) is 0 Å². The highest BCUT2D eigenvalue weighted by Crippen LogP contribution is 2.60. The van der Waals surface area contributed by atoms with E-state index in [4.69, 9.17) is 46.4 Å². The molecule has 3 nitrogen and oxygen atoms in total. The lowest BCUT2D eigenvalue weighted by atomic mass is 9.62. The zero-order valence-corrected chi connectivity index (χ0v) is 15.8. The van der Waals surface area contributed by atoms with Crippen LogP contribution in [-0.4, -0.2) is 26.4 Å². The van der Waals surface area contributed by atoms with Crippen LogP contribution in [0.5, 0.6) is 5.75 Å². The Hall–Kier alpha value is -1.26. The second-order valence-electron chi connectivity index (χ2n) is 5.90. The average Bonchev–Trinajstić information content (AvgIpc) is 2.61. The molecule has 1 aromatic carbocycles. The fourth-order valence-electron chi connectivity index (χ4n) is 3.41. The number of benzene rings is 1. The molecule has 2 aliphatic rings. The van der Waals surface area contributed by atoms with Crippen molar-refractivity contribution >= 4 is 58.0 Å². The lowest BCUT2D eigenvalue weighted by Crippen LogP contribution is -2.64. The first-order chi connectivity index (χ1) is 11.7. The number of carbonyl (C=O) groups excluding carboxylic acids is 2. The normalized spacial score (nSPS) is 32.3. The Morgan fingerprint density at radius 1 is 1.12 bits per heavy atom. The van der Waals surface area contributed by atoms with Crippen molar-refractivity contribution in [1.82, 2.24) is 0 Å². The summed E-state index contributed by atoms with van der Waals surface area (Å²) in [5.41, 5.74) is 0.911. The molecule has 0 bridgehead atoms. The maximum Gasteiger partial charge on any atom is 0.199 e. The summed E-state index contributed by atoms with van der Waals surface area (Å²) in [4.78, 5) is 22.0. The molecule has 1 aromatic rings. The van der Waals surface area contributed by atoms with Crippen LogP contribution in [0.2, 0.25) is 0 Å². The van der Waals surface area contributed by atoms with Gasteiger partial charge in [-0.1, -0.05) is 60.1 Å². The first-order valence-corrected chi connectivity index (χ1v) is 8.84. The van der Waals surface area contributed by atoms with Crippen LogP contribution in [0, 0.1) is 0 Å². The van der Waals surface area contributed by atoms with Crippen molar-refractivity contribution in [2.24, 2.45) is 0 Å². The third-order valence-corrected chi connectivity index (χ3v) is 6.94. The number of phenolic OH excluding ortho intramolecular Hbond substituents is 1. The minimum Gasteiger partial charge on any atom is -0.508 e. The largest absolute Gasteiger partial charge is 0.508 e. The molecule has 0 amide bonds. The summed E-state index contributed by atoms with van der Waals surface area (Å²) in [5, 5.41) is 9.42. The first kappa shape index (κ1) is 18.5. The number of rotatable bonds is 2. The van der Waals surface area contributed by atoms with Gasteiger partial charge in [-0.15, -0.1) is 23.2 Å². The molecule has 0 heterocycles. The number of ketones is 2. The van der Waals surface area contributed by atoms with Gasteiger partial charge in [0, 0.05) is 11.5 Å². The smallest absolute Gasteiger partial charge is 0.199 e. The van der Waals surface area contributed by atoms with Crippen LogP contribution >= 0.6 is 46.4 Å². The monoisotopic (exact) mass is 416 g/mol. The summed E-state index contributed by atoms with van der Waals surface area (Å²) >= 11 is 25.3. The lowest BCUT2D eigenvalue weighted by Gasteiger charge is -2.49. The van der Waals surface area contributed by atoms with Crippen LogP contribution in [-0.2, 0) is 9.59 Å². The molecule has 7 heteroatoms. The Bertz CT molecular complexity index is 873. The molecule has 0 spiro atoms. The van der Waals surface area contributed by atoms with Gasteiger partial charge in [-0.05, 0) is 18.1 Å². The molecule has 0 aliphatic heterocycles. The molecule has 0 fully saturated rings. The van der Waals surface area contributed by atoms with Crippen molar-refractivity contribution in [3.05, 3.63) is 64.2 Å². The van der Waals surface area contributed by atoms with E-state index < -0.39 is 37.3 Å². The van der Waals surface area contributed by atoms with Crippen LogP contribution in [0.3, 0.4) is 0 Å². The molecule has 3 atom stereocenters. The summed E-state index contributed by atoms with van der Waals surface area (Å²) in [6.45, 7) is 3.74. The van der Waals surface area contributed by atoms with E-state index in [0.29, 0.717) is 11.1 Å². The van der Waals surface area contributed by atoms with Gasteiger partial charge in [0.05, 0.1) is 0 Å². The van der Waals surface area contributed by atoms with E-state index in [2.05, 4.69) is 6.58 Å². The Kier molecular flexibility index (Phi) is 4.57. The minimum atomic E-state index is -1.95. The van der Waals surface area contributed by atoms with Crippen molar-refractivity contribution in [2.75, 3.05) is 0 Å². The maximum atomic E-state index is 13.0. The van der Waals surface area contributed by atoms with Crippen LogP contribution in [0.15, 0.2) is 58.6 Å². The van der Waals surface area contributed by atoms with Crippen molar-refractivity contribution in [3.63, 3.8) is 0 Å². The Balaban J connectivity index is 2.37. The molecule has 0 radical (unpaired) electrons. The lowest BCUT2D eigenvalue weighted by molar-refractivity contribution is -0.127. The highest BCUT2D eigenvalue weighted by Gasteiger charge is 2.68. The summed E-state index contributed by atoms with van der Waals surface area (Å²) in [6.07, 6.45) is 3.17. The molecule has 130 valence electrons. The van der Waals surface area contributed by atoms with E-state index in [9.17, 15) is 14.7 Å². The number of para-hydroxylation sites is 1. The van der Waals surface area contributed by atoms with Gasteiger partial charge in [0.25, 0.3) is 0 Å². The zero-order valence-electron chi connectivity index (χ0n) is 12.7. The molecular weight excluding hydrogens is 406 g/mol. The van der Waals surface area contributed by atoms with Gasteiger partial charge in [0.15, 0.2) is 11.6 Å². The number of phenols is 1. The molecule has 25 heavy (non-hydrogen) atoms. The van der Waals surface area contributed by atoms with Crippen molar-refractivity contribution in [2.45, 2.75) is 22.1 Å². The van der Waals surface area contributed by atoms with E-state index in [1.807, 2.05) is 0 Å². The molecule has 0 saturated carbocycles. The van der Waals surface area contributed by atoms with Crippen molar-refractivity contribution in [3.8, 4) is 5.75 Å². The van der Waals surface area contributed by atoms with Crippen LogP contribution in [0.1, 0.15) is 17.9 Å². The van der Waals surface area contributed by atoms with Gasteiger partial charge in [0.1, 0.15) is 25.6 Å². The summed E-state index contributed by atoms with van der Waals surface area (Å²) in [6, 6.07) is 6.38. The quantitative estimate of drug-likeness (QED) is 0.704. The van der Waals surface area contributed by atoms with E-state index in [-0.39, 0.29) is 12.2 Å². The molecule has 0 aromatic heterocycles. The number of aromatic hydroxyl groups is 1.